The molecule has 0 spiro atoms. The van der Waals surface area contributed by atoms with E-state index in [-0.39, 0.29) is 11.3 Å². The summed E-state index contributed by atoms with van der Waals surface area (Å²) in [7, 11) is 0. The SMILES string of the molecule is CCCOc1ccc(/C(O)=C2\C(=O)C(=O)N(c3nc4ccc(CC)cc4s3)C2c2cccc(C)c2)cc1. The fourth-order valence-electron chi connectivity index (χ4n) is 4.55. The maximum Gasteiger partial charge on any atom is 0.301 e. The first-order valence-electron chi connectivity index (χ1n) is 12.4. The van der Waals surface area contributed by atoms with E-state index >= 15 is 0 Å². The first kappa shape index (κ1) is 24.7. The molecular formula is C30H28N2O4S. The lowest BCUT2D eigenvalue weighted by Gasteiger charge is -2.23. The molecule has 7 heteroatoms. The molecule has 0 saturated carbocycles. The Morgan fingerprint density at radius 1 is 1.05 bits per heavy atom. The van der Waals surface area contributed by atoms with Crippen LogP contribution in [0.15, 0.2) is 72.3 Å². The standard InChI is InChI=1S/C30H28N2O4S/c1-4-15-36-22-12-10-20(11-13-22)27(33)25-26(21-8-6-7-18(3)16-21)32(29(35)28(25)34)30-31-23-14-9-19(5-2)17-24(23)37-30/h6-14,16-17,26,33H,4-5,15H2,1-3H3/b27-25+. The zero-order chi connectivity index (χ0) is 26.1. The summed E-state index contributed by atoms with van der Waals surface area (Å²) >= 11 is 1.37. The minimum absolute atomic E-state index is 0.0475. The zero-order valence-corrected chi connectivity index (χ0v) is 21.8. The summed E-state index contributed by atoms with van der Waals surface area (Å²) in [6.07, 6.45) is 1.77. The van der Waals surface area contributed by atoms with Gasteiger partial charge in [0.1, 0.15) is 11.5 Å². The van der Waals surface area contributed by atoms with Crippen LogP contribution in [-0.4, -0.2) is 28.4 Å². The van der Waals surface area contributed by atoms with Gasteiger partial charge < -0.3 is 9.84 Å². The number of aliphatic hydroxyl groups is 1. The Kier molecular flexibility index (Phi) is 6.80. The number of hydrogen-bond acceptors (Lipinski definition) is 6. The van der Waals surface area contributed by atoms with Crippen molar-refractivity contribution in [3.05, 3.63) is 94.6 Å². The molecule has 0 bridgehead atoms. The second-order valence-electron chi connectivity index (χ2n) is 9.11. The molecule has 37 heavy (non-hydrogen) atoms. The highest BCUT2D eigenvalue weighted by atomic mass is 32.1. The van der Waals surface area contributed by atoms with E-state index in [1.807, 2.05) is 50.2 Å². The number of thiazole rings is 1. The molecule has 1 amide bonds. The van der Waals surface area contributed by atoms with Crippen molar-refractivity contribution in [2.45, 2.75) is 39.7 Å². The molecule has 6 nitrogen and oxygen atoms in total. The van der Waals surface area contributed by atoms with E-state index in [1.54, 1.807) is 24.3 Å². The third-order valence-corrected chi connectivity index (χ3v) is 7.48. The highest BCUT2D eigenvalue weighted by molar-refractivity contribution is 7.22. The first-order chi connectivity index (χ1) is 17.9. The molecule has 1 aromatic heterocycles. The number of amides is 1. The van der Waals surface area contributed by atoms with Gasteiger partial charge in [-0.15, -0.1) is 0 Å². The number of Topliss-reactive ketones (excluding diaryl/α,β-unsaturated/α-hetero) is 1. The summed E-state index contributed by atoms with van der Waals surface area (Å²) in [4.78, 5) is 33.0. The molecule has 0 radical (unpaired) electrons. The summed E-state index contributed by atoms with van der Waals surface area (Å²) in [5.41, 5.74) is 4.15. The normalized spacial score (nSPS) is 17.1. The minimum atomic E-state index is -0.804. The fourth-order valence-corrected chi connectivity index (χ4v) is 5.61. The number of carbonyl (C=O) groups is 2. The molecule has 188 valence electrons. The molecule has 2 heterocycles. The van der Waals surface area contributed by atoms with E-state index in [0.29, 0.717) is 23.1 Å². The molecule has 1 aliphatic rings. The topological polar surface area (TPSA) is 79.7 Å². The number of aryl methyl sites for hydroxylation is 2. The van der Waals surface area contributed by atoms with Crippen LogP contribution in [0.25, 0.3) is 16.0 Å². The van der Waals surface area contributed by atoms with Gasteiger partial charge in [0, 0.05) is 5.56 Å². The maximum absolute atomic E-state index is 13.5. The number of nitrogens with zero attached hydrogens (tertiary/aromatic N) is 2. The number of rotatable bonds is 7. The van der Waals surface area contributed by atoms with Crippen molar-refractivity contribution in [3.8, 4) is 5.75 Å². The van der Waals surface area contributed by atoms with E-state index in [4.69, 9.17) is 9.72 Å². The lowest BCUT2D eigenvalue weighted by atomic mass is 9.94. The average Bonchev–Trinajstić information content (AvgIpc) is 3.44. The van der Waals surface area contributed by atoms with E-state index in [9.17, 15) is 14.7 Å². The molecule has 1 aliphatic heterocycles. The van der Waals surface area contributed by atoms with Gasteiger partial charge in [-0.1, -0.05) is 61.1 Å². The fraction of sp³-hybridized carbons (Fsp3) is 0.233. The van der Waals surface area contributed by atoms with Crippen LogP contribution in [-0.2, 0) is 16.0 Å². The van der Waals surface area contributed by atoms with Crippen LogP contribution >= 0.6 is 11.3 Å². The Morgan fingerprint density at radius 2 is 1.84 bits per heavy atom. The predicted molar refractivity (Wildman–Crippen MR) is 147 cm³/mol. The molecule has 1 saturated heterocycles. The molecule has 1 N–H and O–H groups in total. The summed E-state index contributed by atoms with van der Waals surface area (Å²) in [5.74, 6) is -0.978. The quantitative estimate of drug-likeness (QED) is 0.172. The molecule has 3 aromatic carbocycles. The van der Waals surface area contributed by atoms with Gasteiger partial charge in [0.25, 0.3) is 5.78 Å². The smallest absolute Gasteiger partial charge is 0.301 e. The number of hydrogen-bond donors (Lipinski definition) is 1. The first-order valence-corrected chi connectivity index (χ1v) is 13.2. The van der Waals surface area contributed by atoms with Crippen LogP contribution in [0.3, 0.4) is 0 Å². The Morgan fingerprint density at radius 3 is 2.54 bits per heavy atom. The Bertz CT molecular complexity index is 1520. The summed E-state index contributed by atoms with van der Waals surface area (Å²) in [5, 5.41) is 11.8. The number of aliphatic hydroxyl groups excluding tert-OH is 1. The van der Waals surface area contributed by atoms with Crippen molar-refractivity contribution in [2.24, 2.45) is 0 Å². The molecule has 1 unspecified atom stereocenters. The van der Waals surface area contributed by atoms with Crippen molar-refractivity contribution in [2.75, 3.05) is 11.5 Å². The van der Waals surface area contributed by atoms with E-state index in [2.05, 4.69) is 13.0 Å². The third-order valence-electron chi connectivity index (χ3n) is 6.46. The highest BCUT2D eigenvalue weighted by Gasteiger charge is 2.48. The number of aromatic nitrogens is 1. The molecule has 0 aliphatic carbocycles. The lowest BCUT2D eigenvalue weighted by molar-refractivity contribution is -0.132. The second-order valence-corrected chi connectivity index (χ2v) is 10.1. The maximum atomic E-state index is 13.5. The monoisotopic (exact) mass is 512 g/mol. The van der Waals surface area contributed by atoms with Crippen LogP contribution in [0.1, 0.15) is 48.6 Å². The van der Waals surface area contributed by atoms with Gasteiger partial charge in [-0.3, -0.25) is 14.5 Å². The van der Waals surface area contributed by atoms with Crippen molar-refractivity contribution < 1.29 is 19.4 Å². The van der Waals surface area contributed by atoms with Crippen LogP contribution in [0.2, 0.25) is 0 Å². The average molecular weight is 513 g/mol. The number of ether oxygens (including phenoxy) is 1. The van der Waals surface area contributed by atoms with Crippen molar-refractivity contribution >= 4 is 44.1 Å². The van der Waals surface area contributed by atoms with Gasteiger partial charge in [0.05, 0.1) is 28.4 Å². The van der Waals surface area contributed by atoms with Gasteiger partial charge in [0.15, 0.2) is 5.13 Å². The van der Waals surface area contributed by atoms with Gasteiger partial charge in [-0.25, -0.2) is 4.98 Å². The number of anilines is 1. The van der Waals surface area contributed by atoms with Crippen LogP contribution in [0.5, 0.6) is 5.75 Å². The second kappa shape index (κ2) is 10.2. The number of ketones is 1. The van der Waals surface area contributed by atoms with Crippen molar-refractivity contribution in [1.82, 2.24) is 4.98 Å². The van der Waals surface area contributed by atoms with Crippen molar-refractivity contribution in [1.29, 1.82) is 0 Å². The van der Waals surface area contributed by atoms with Gasteiger partial charge in [-0.05, 0) is 67.3 Å². The largest absolute Gasteiger partial charge is 0.507 e. The van der Waals surface area contributed by atoms with Gasteiger partial charge >= 0.3 is 5.91 Å². The Hall–Kier alpha value is -3.97. The zero-order valence-electron chi connectivity index (χ0n) is 21.0. The number of fused-ring (bicyclic) bond motifs is 1. The van der Waals surface area contributed by atoms with Gasteiger partial charge in [0.2, 0.25) is 0 Å². The molecule has 1 atom stereocenters. The number of carbonyl (C=O) groups excluding carboxylic acids is 2. The summed E-state index contributed by atoms with van der Waals surface area (Å²) < 4.78 is 6.59. The summed E-state index contributed by atoms with van der Waals surface area (Å²) in [6, 6.07) is 19.8. The molecule has 5 rings (SSSR count). The van der Waals surface area contributed by atoms with Crippen LogP contribution < -0.4 is 9.64 Å². The highest BCUT2D eigenvalue weighted by Crippen LogP contribution is 2.44. The van der Waals surface area contributed by atoms with Crippen molar-refractivity contribution in [3.63, 3.8) is 0 Å². The van der Waals surface area contributed by atoms with E-state index in [1.165, 1.54) is 21.8 Å². The molecule has 1 fully saturated rings. The van der Waals surface area contributed by atoms with Crippen LogP contribution in [0, 0.1) is 6.92 Å². The third kappa shape index (κ3) is 4.62. The minimum Gasteiger partial charge on any atom is -0.507 e. The lowest BCUT2D eigenvalue weighted by Crippen LogP contribution is -2.29. The van der Waals surface area contributed by atoms with Gasteiger partial charge in [-0.2, -0.15) is 0 Å². The Balaban J connectivity index is 1.65. The molecule has 4 aromatic rings. The predicted octanol–water partition coefficient (Wildman–Crippen LogP) is 6.58. The Labute approximate surface area is 219 Å². The number of benzene rings is 3. The molecular weight excluding hydrogens is 484 g/mol. The van der Waals surface area contributed by atoms with E-state index < -0.39 is 17.7 Å². The van der Waals surface area contributed by atoms with Crippen LogP contribution in [0.4, 0.5) is 5.13 Å². The van der Waals surface area contributed by atoms with E-state index in [0.717, 1.165) is 34.2 Å². The summed E-state index contributed by atoms with van der Waals surface area (Å²) in [6.45, 7) is 6.65.